The Hall–Kier alpha value is -2.27. The molecule has 0 radical (unpaired) electrons. The molecule has 0 bridgehead atoms. The van der Waals surface area contributed by atoms with Crippen molar-refractivity contribution in [3.05, 3.63) is 53.8 Å². The van der Waals surface area contributed by atoms with Crippen molar-refractivity contribution in [3.63, 3.8) is 0 Å². The van der Waals surface area contributed by atoms with Crippen molar-refractivity contribution in [1.82, 2.24) is 0 Å². The minimum Gasteiger partial charge on any atom is -0.497 e. The van der Waals surface area contributed by atoms with Crippen molar-refractivity contribution in [1.29, 1.82) is 0 Å². The molecule has 2 aromatic rings. The summed E-state index contributed by atoms with van der Waals surface area (Å²) in [4.78, 5) is 0. The van der Waals surface area contributed by atoms with Gasteiger partial charge in [-0.15, -0.1) is 0 Å². The summed E-state index contributed by atoms with van der Waals surface area (Å²) in [6.45, 7) is 0.294. The van der Waals surface area contributed by atoms with E-state index in [1.54, 1.807) is 25.3 Å². The van der Waals surface area contributed by atoms with Crippen LogP contribution in [0.1, 0.15) is 11.7 Å². The van der Waals surface area contributed by atoms with Gasteiger partial charge in [0.05, 0.1) is 20.3 Å². The average Bonchev–Trinajstić information content (AvgIpc) is 2.53. The number of aliphatic hydroxyl groups excluding tert-OH is 1. The van der Waals surface area contributed by atoms with Crippen molar-refractivity contribution in [2.45, 2.75) is 6.10 Å². The summed E-state index contributed by atoms with van der Waals surface area (Å²) in [7, 11) is 2.99. The fourth-order valence-electron chi connectivity index (χ4n) is 1.95. The fourth-order valence-corrected chi connectivity index (χ4v) is 1.95. The van der Waals surface area contributed by atoms with Gasteiger partial charge in [-0.25, -0.2) is 4.39 Å². The number of methoxy groups -OCH3 is 2. The summed E-state index contributed by atoms with van der Waals surface area (Å²) in [5, 5.41) is 13.2. The van der Waals surface area contributed by atoms with Crippen molar-refractivity contribution in [3.8, 4) is 11.5 Å². The topological polar surface area (TPSA) is 50.7 Å². The number of aliphatic hydroxyl groups is 1. The van der Waals surface area contributed by atoms with Crippen LogP contribution >= 0.6 is 0 Å². The molecule has 2 aromatic carbocycles. The Bertz CT molecular complexity index is 604. The summed E-state index contributed by atoms with van der Waals surface area (Å²) in [5.74, 6) is 0.433. The third kappa shape index (κ3) is 3.86. The second kappa shape index (κ2) is 6.95. The molecule has 0 saturated heterocycles. The summed E-state index contributed by atoms with van der Waals surface area (Å²) in [5.41, 5.74) is 1.42. The van der Waals surface area contributed by atoms with Crippen LogP contribution in [0.2, 0.25) is 0 Å². The van der Waals surface area contributed by atoms with Crippen LogP contribution in [0.25, 0.3) is 0 Å². The molecule has 0 aliphatic rings. The van der Waals surface area contributed by atoms with Gasteiger partial charge in [-0.2, -0.15) is 0 Å². The zero-order chi connectivity index (χ0) is 15.2. The molecule has 0 aromatic heterocycles. The van der Waals surface area contributed by atoms with Crippen LogP contribution in [0.3, 0.4) is 0 Å². The van der Waals surface area contributed by atoms with Gasteiger partial charge in [-0.3, -0.25) is 0 Å². The van der Waals surface area contributed by atoms with Crippen LogP contribution in [-0.2, 0) is 0 Å². The van der Waals surface area contributed by atoms with E-state index < -0.39 is 11.9 Å². The Kier molecular flexibility index (Phi) is 5.00. The van der Waals surface area contributed by atoms with Crippen LogP contribution in [0.5, 0.6) is 11.5 Å². The highest BCUT2D eigenvalue weighted by Gasteiger charge is 2.09. The highest BCUT2D eigenvalue weighted by molar-refractivity contribution is 5.49. The number of ether oxygens (including phenoxy) is 2. The van der Waals surface area contributed by atoms with Crippen LogP contribution in [0.4, 0.5) is 10.1 Å². The Morgan fingerprint density at radius 1 is 1.14 bits per heavy atom. The standard InChI is InChI=1S/C16H18FNO3/c1-20-13-5-3-4-11(8-13)15(19)10-18-12-6-7-14(17)16(9-12)21-2/h3-9,15,18-19H,10H2,1-2H3. The van der Waals surface area contributed by atoms with Gasteiger partial charge in [0.2, 0.25) is 0 Å². The van der Waals surface area contributed by atoms with E-state index in [1.807, 2.05) is 18.2 Å². The Morgan fingerprint density at radius 2 is 1.95 bits per heavy atom. The molecule has 0 aliphatic heterocycles. The molecule has 1 atom stereocenters. The Labute approximate surface area is 123 Å². The maximum Gasteiger partial charge on any atom is 0.165 e. The summed E-state index contributed by atoms with van der Waals surface area (Å²) in [6.07, 6.45) is -0.698. The van der Waals surface area contributed by atoms with Crippen molar-refractivity contribution >= 4 is 5.69 Å². The first-order valence-electron chi connectivity index (χ1n) is 6.53. The van der Waals surface area contributed by atoms with Crippen molar-refractivity contribution in [2.24, 2.45) is 0 Å². The number of halogens is 1. The molecule has 2 N–H and O–H groups in total. The van der Waals surface area contributed by atoms with E-state index in [9.17, 15) is 9.50 Å². The lowest BCUT2D eigenvalue weighted by Gasteiger charge is -2.14. The first kappa shape index (κ1) is 15.1. The SMILES string of the molecule is COc1cccc(C(O)CNc2ccc(F)c(OC)c2)c1. The molecule has 4 nitrogen and oxygen atoms in total. The van der Waals surface area contributed by atoms with E-state index in [2.05, 4.69) is 5.32 Å². The number of benzene rings is 2. The minimum absolute atomic E-state index is 0.163. The Balaban J connectivity index is 2.01. The first-order chi connectivity index (χ1) is 10.1. The van der Waals surface area contributed by atoms with Gasteiger partial charge < -0.3 is 19.9 Å². The van der Waals surface area contributed by atoms with Crippen molar-refractivity contribution in [2.75, 3.05) is 26.1 Å². The van der Waals surface area contributed by atoms with Gasteiger partial charge in [-0.05, 0) is 29.8 Å². The quantitative estimate of drug-likeness (QED) is 0.859. The molecular formula is C16H18FNO3. The Morgan fingerprint density at radius 3 is 2.67 bits per heavy atom. The predicted octanol–water partition coefficient (Wildman–Crippen LogP) is 2.99. The van der Waals surface area contributed by atoms with Gasteiger partial charge >= 0.3 is 0 Å². The second-order valence-electron chi connectivity index (χ2n) is 4.52. The van der Waals surface area contributed by atoms with Gasteiger partial charge in [0, 0.05) is 18.3 Å². The first-order valence-corrected chi connectivity index (χ1v) is 6.53. The fraction of sp³-hybridized carbons (Fsp3) is 0.250. The van der Waals surface area contributed by atoms with E-state index in [0.29, 0.717) is 18.0 Å². The van der Waals surface area contributed by atoms with Gasteiger partial charge in [-0.1, -0.05) is 12.1 Å². The third-order valence-electron chi connectivity index (χ3n) is 3.13. The molecular weight excluding hydrogens is 273 g/mol. The van der Waals surface area contributed by atoms with Crippen LogP contribution in [0.15, 0.2) is 42.5 Å². The van der Waals surface area contributed by atoms with E-state index in [-0.39, 0.29) is 5.75 Å². The van der Waals surface area contributed by atoms with Gasteiger partial charge in [0.15, 0.2) is 11.6 Å². The van der Waals surface area contributed by atoms with Crippen LogP contribution in [0, 0.1) is 5.82 Å². The molecule has 0 spiro atoms. The molecule has 0 saturated carbocycles. The number of nitrogens with one attached hydrogen (secondary N) is 1. The molecule has 0 fully saturated rings. The number of hydrogen-bond acceptors (Lipinski definition) is 4. The lowest BCUT2D eigenvalue weighted by Crippen LogP contribution is -2.12. The molecule has 112 valence electrons. The molecule has 0 amide bonds. The number of hydrogen-bond donors (Lipinski definition) is 2. The monoisotopic (exact) mass is 291 g/mol. The normalized spacial score (nSPS) is 11.8. The van der Waals surface area contributed by atoms with E-state index in [4.69, 9.17) is 9.47 Å². The second-order valence-corrected chi connectivity index (χ2v) is 4.52. The molecule has 21 heavy (non-hydrogen) atoms. The predicted molar refractivity (Wildman–Crippen MR) is 79.4 cm³/mol. The summed E-state index contributed by atoms with van der Waals surface area (Å²) >= 11 is 0. The van der Waals surface area contributed by atoms with Crippen LogP contribution in [-0.4, -0.2) is 25.9 Å². The molecule has 2 rings (SSSR count). The largest absolute Gasteiger partial charge is 0.497 e. The zero-order valence-corrected chi connectivity index (χ0v) is 12.0. The summed E-state index contributed by atoms with van der Waals surface area (Å²) < 4.78 is 23.3. The van der Waals surface area contributed by atoms with Crippen LogP contribution < -0.4 is 14.8 Å². The molecule has 1 unspecified atom stereocenters. The smallest absolute Gasteiger partial charge is 0.165 e. The third-order valence-corrected chi connectivity index (χ3v) is 3.13. The average molecular weight is 291 g/mol. The van der Waals surface area contributed by atoms with Gasteiger partial charge in [0.1, 0.15) is 5.75 Å². The van der Waals surface area contributed by atoms with E-state index in [1.165, 1.54) is 13.2 Å². The van der Waals surface area contributed by atoms with E-state index >= 15 is 0 Å². The number of rotatable bonds is 6. The highest BCUT2D eigenvalue weighted by Crippen LogP contribution is 2.23. The van der Waals surface area contributed by atoms with Crippen molar-refractivity contribution < 1.29 is 19.0 Å². The summed E-state index contributed by atoms with van der Waals surface area (Å²) in [6, 6.07) is 11.7. The zero-order valence-electron chi connectivity index (χ0n) is 12.0. The van der Waals surface area contributed by atoms with E-state index in [0.717, 1.165) is 5.56 Å². The highest BCUT2D eigenvalue weighted by atomic mass is 19.1. The molecule has 0 heterocycles. The molecule has 5 heteroatoms. The lowest BCUT2D eigenvalue weighted by atomic mass is 10.1. The minimum atomic E-state index is -0.698. The molecule has 0 aliphatic carbocycles. The maximum absolute atomic E-state index is 13.3. The lowest BCUT2D eigenvalue weighted by molar-refractivity contribution is 0.191. The number of anilines is 1. The van der Waals surface area contributed by atoms with Gasteiger partial charge in [0.25, 0.3) is 0 Å². The maximum atomic E-state index is 13.3.